The molecule has 0 bridgehead atoms. The van der Waals surface area contributed by atoms with E-state index in [2.05, 4.69) is 51.6 Å². The first-order valence-corrected chi connectivity index (χ1v) is 10.8. The van der Waals surface area contributed by atoms with Gasteiger partial charge in [0.15, 0.2) is 0 Å². The fourth-order valence-corrected chi connectivity index (χ4v) is 3.11. The molecule has 0 heterocycles. The van der Waals surface area contributed by atoms with E-state index in [0.29, 0.717) is 29.7 Å². The Morgan fingerprint density at radius 1 is 0.828 bits per heavy atom. The topological polar surface area (TPSA) is 135 Å². The standard InChI is InChI=1S/C10H21N3O.C10H23NO.CH4O.CH4/c1-4-8(2)10(12-13-11)9(3)6-5-7-14;1-4-8(2)10(11)9(3)6-5-7-12;1-2;/h8-10,14H,4-7H2,1-3H3;8-10,12H,4-7,11H2,1-3H3;2H,1H3;1H4/t2*8-,9-,10+;;/m00../s1. The first-order valence-electron chi connectivity index (χ1n) is 10.8. The molecule has 7 heteroatoms. The highest BCUT2D eigenvalue weighted by atomic mass is 16.3. The molecule has 0 aromatic rings. The highest BCUT2D eigenvalue weighted by molar-refractivity contribution is 4.78. The average Bonchev–Trinajstić information content (AvgIpc) is 2.74. The van der Waals surface area contributed by atoms with Crippen molar-refractivity contribution in [2.75, 3.05) is 20.3 Å². The van der Waals surface area contributed by atoms with Gasteiger partial charge in [-0.25, -0.2) is 0 Å². The van der Waals surface area contributed by atoms with Crippen LogP contribution in [0.4, 0.5) is 0 Å². The maximum absolute atomic E-state index is 8.72. The van der Waals surface area contributed by atoms with Crippen molar-refractivity contribution in [3.05, 3.63) is 10.4 Å². The molecule has 0 aliphatic heterocycles. The van der Waals surface area contributed by atoms with E-state index in [0.717, 1.165) is 45.6 Å². The number of aliphatic hydroxyl groups is 3. The molecule has 0 amide bonds. The van der Waals surface area contributed by atoms with E-state index in [1.807, 2.05) is 0 Å². The Labute approximate surface area is 180 Å². The molecule has 0 aliphatic rings. The monoisotopic (exact) mass is 420 g/mol. The molecular formula is C22H52N4O3. The summed E-state index contributed by atoms with van der Waals surface area (Å²) in [5, 5.41) is 28.2. The zero-order chi connectivity index (χ0) is 22.5. The third kappa shape index (κ3) is 18.9. The maximum atomic E-state index is 8.72. The van der Waals surface area contributed by atoms with Crippen LogP contribution >= 0.6 is 0 Å². The normalized spacial score (nSPS) is 16.1. The van der Waals surface area contributed by atoms with Crippen molar-refractivity contribution in [1.29, 1.82) is 0 Å². The first-order chi connectivity index (χ1) is 13.3. The molecule has 0 radical (unpaired) electrons. The lowest BCUT2D eigenvalue weighted by molar-refractivity contribution is 0.252. The van der Waals surface area contributed by atoms with Crippen molar-refractivity contribution >= 4 is 0 Å². The molecule has 5 N–H and O–H groups in total. The minimum atomic E-state index is 0. The van der Waals surface area contributed by atoms with Crippen LogP contribution in [-0.4, -0.2) is 47.7 Å². The summed E-state index contributed by atoms with van der Waals surface area (Å²) in [7, 11) is 1.00. The van der Waals surface area contributed by atoms with E-state index in [-0.39, 0.29) is 26.7 Å². The third-order valence-electron chi connectivity index (χ3n) is 5.59. The van der Waals surface area contributed by atoms with E-state index in [4.69, 9.17) is 26.6 Å². The van der Waals surface area contributed by atoms with Gasteiger partial charge < -0.3 is 21.1 Å². The first kappa shape index (κ1) is 35.6. The molecule has 178 valence electrons. The summed E-state index contributed by atoms with van der Waals surface area (Å²) >= 11 is 0. The Hall–Kier alpha value is -0.850. The van der Waals surface area contributed by atoms with Gasteiger partial charge in [-0.1, -0.05) is 66.9 Å². The average molecular weight is 421 g/mol. The van der Waals surface area contributed by atoms with Crippen molar-refractivity contribution < 1.29 is 15.3 Å². The minimum Gasteiger partial charge on any atom is -0.400 e. The third-order valence-corrected chi connectivity index (χ3v) is 5.59. The quantitative estimate of drug-likeness (QED) is 0.186. The minimum absolute atomic E-state index is 0. The predicted octanol–water partition coefficient (Wildman–Crippen LogP) is 5.13. The Morgan fingerprint density at radius 3 is 1.59 bits per heavy atom. The van der Waals surface area contributed by atoms with Gasteiger partial charge in [-0.2, -0.15) is 0 Å². The van der Waals surface area contributed by atoms with Crippen LogP contribution in [0, 0.1) is 23.7 Å². The Kier molecular flexibility index (Phi) is 30.9. The zero-order valence-electron chi connectivity index (χ0n) is 19.4. The number of hydrogen-bond acceptors (Lipinski definition) is 5. The van der Waals surface area contributed by atoms with E-state index in [1.54, 1.807) is 0 Å². The maximum Gasteiger partial charge on any atom is 0.0431 e. The van der Waals surface area contributed by atoms with Gasteiger partial charge in [0.05, 0.1) is 0 Å². The van der Waals surface area contributed by atoms with Crippen molar-refractivity contribution in [1.82, 2.24) is 0 Å². The summed E-state index contributed by atoms with van der Waals surface area (Å²) in [6.45, 7) is 13.3. The van der Waals surface area contributed by atoms with E-state index in [1.165, 1.54) is 0 Å². The van der Waals surface area contributed by atoms with Gasteiger partial charge in [-0.3, -0.25) is 0 Å². The number of rotatable bonds is 13. The molecule has 0 saturated heterocycles. The van der Waals surface area contributed by atoms with Crippen molar-refractivity contribution in [2.45, 2.75) is 99.6 Å². The molecule has 0 aromatic heterocycles. The molecule has 0 aliphatic carbocycles. The van der Waals surface area contributed by atoms with Gasteiger partial charge in [0.1, 0.15) is 0 Å². The second-order valence-corrected chi connectivity index (χ2v) is 7.73. The summed E-state index contributed by atoms with van der Waals surface area (Å²) < 4.78 is 0. The van der Waals surface area contributed by atoms with Crippen molar-refractivity contribution in [3.8, 4) is 0 Å². The van der Waals surface area contributed by atoms with Crippen LogP contribution in [0.1, 0.15) is 87.5 Å². The van der Waals surface area contributed by atoms with Gasteiger partial charge in [0, 0.05) is 37.3 Å². The molecule has 0 spiro atoms. The molecule has 29 heavy (non-hydrogen) atoms. The molecule has 0 rings (SSSR count). The van der Waals surface area contributed by atoms with Crippen LogP contribution in [0.2, 0.25) is 0 Å². The van der Waals surface area contributed by atoms with Crippen molar-refractivity contribution in [2.24, 2.45) is 34.5 Å². The number of aliphatic hydroxyl groups excluding tert-OH is 3. The number of hydrogen-bond donors (Lipinski definition) is 4. The molecule has 6 atom stereocenters. The highest BCUT2D eigenvalue weighted by Gasteiger charge is 2.20. The molecular weight excluding hydrogens is 368 g/mol. The Bertz CT molecular complexity index is 366. The number of azide groups is 1. The number of nitrogens with zero attached hydrogens (tertiary/aromatic N) is 3. The van der Waals surface area contributed by atoms with E-state index >= 15 is 0 Å². The van der Waals surface area contributed by atoms with Crippen LogP contribution in [0.25, 0.3) is 10.4 Å². The lowest BCUT2D eigenvalue weighted by Crippen LogP contribution is -2.34. The largest absolute Gasteiger partial charge is 0.400 e. The predicted molar refractivity (Wildman–Crippen MR) is 126 cm³/mol. The van der Waals surface area contributed by atoms with Gasteiger partial charge in [0.25, 0.3) is 0 Å². The summed E-state index contributed by atoms with van der Waals surface area (Å²) in [4.78, 5) is 2.90. The fraction of sp³-hybridized carbons (Fsp3) is 1.00. The second kappa shape index (κ2) is 25.2. The smallest absolute Gasteiger partial charge is 0.0431 e. The van der Waals surface area contributed by atoms with Crippen LogP contribution in [0.5, 0.6) is 0 Å². The van der Waals surface area contributed by atoms with E-state index < -0.39 is 0 Å². The SMILES string of the molecule is C.CC[C@H](C)[C@@H](N)[C@@H](C)CCCO.CC[C@H](C)[C@@H](N=[N+]=[N-])[C@@H](C)CCCO.CO. The van der Waals surface area contributed by atoms with Gasteiger partial charge in [-0.05, 0) is 54.9 Å². The van der Waals surface area contributed by atoms with Crippen LogP contribution in [-0.2, 0) is 0 Å². The van der Waals surface area contributed by atoms with Crippen LogP contribution in [0.15, 0.2) is 5.11 Å². The van der Waals surface area contributed by atoms with Gasteiger partial charge in [0.2, 0.25) is 0 Å². The van der Waals surface area contributed by atoms with Gasteiger partial charge in [-0.15, -0.1) is 0 Å². The highest BCUT2D eigenvalue weighted by Crippen LogP contribution is 2.23. The fourth-order valence-electron chi connectivity index (χ4n) is 3.11. The molecule has 0 aromatic carbocycles. The second-order valence-electron chi connectivity index (χ2n) is 7.73. The van der Waals surface area contributed by atoms with Crippen molar-refractivity contribution in [3.63, 3.8) is 0 Å². The van der Waals surface area contributed by atoms with E-state index in [9.17, 15) is 0 Å². The van der Waals surface area contributed by atoms with Crippen LogP contribution < -0.4 is 5.73 Å². The Balaban J connectivity index is -0.000000194. The molecule has 0 unspecified atom stereocenters. The summed E-state index contributed by atoms with van der Waals surface area (Å²) in [5.74, 6) is 1.90. The number of nitrogens with two attached hydrogens (primary N) is 1. The Morgan fingerprint density at radius 2 is 1.24 bits per heavy atom. The lowest BCUT2D eigenvalue weighted by atomic mass is 9.87. The molecule has 0 saturated carbocycles. The zero-order valence-corrected chi connectivity index (χ0v) is 19.4. The lowest BCUT2D eigenvalue weighted by Gasteiger charge is -2.24. The molecule has 7 nitrogen and oxygen atoms in total. The molecule has 0 fully saturated rings. The summed E-state index contributed by atoms with van der Waals surface area (Å²) in [6, 6.07) is 0.359. The van der Waals surface area contributed by atoms with Crippen LogP contribution in [0.3, 0.4) is 0 Å². The van der Waals surface area contributed by atoms with Gasteiger partial charge >= 0.3 is 0 Å². The summed E-state index contributed by atoms with van der Waals surface area (Å²) in [6.07, 6.45) is 5.80. The summed E-state index contributed by atoms with van der Waals surface area (Å²) in [5.41, 5.74) is 14.5.